The Morgan fingerprint density at radius 1 is 1.10 bits per heavy atom. The molecule has 21 heavy (non-hydrogen) atoms. The average molecular weight is 352 g/mol. The first-order chi connectivity index (χ1) is 10.1. The van der Waals surface area contributed by atoms with Gasteiger partial charge in [-0.25, -0.2) is 4.39 Å². The monoisotopic (exact) mass is 351 g/mol. The highest BCUT2D eigenvalue weighted by Gasteiger charge is 2.11. The van der Waals surface area contributed by atoms with Crippen LogP contribution in [0.3, 0.4) is 0 Å². The van der Waals surface area contributed by atoms with Gasteiger partial charge in [0.1, 0.15) is 17.3 Å². The molecule has 2 rings (SSSR count). The summed E-state index contributed by atoms with van der Waals surface area (Å²) in [6.07, 6.45) is 0. The predicted octanol–water partition coefficient (Wildman–Crippen LogP) is 5.13. The second-order valence-electron chi connectivity index (χ2n) is 5.27. The molecule has 0 amide bonds. The number of halogens is 2. The summed E-state index contributed by atoms with van der Waals surface area (Å²) < 4.78 is 20.7. The lowest BCUT2D eigenvalue weighted by Crippen LogP contribution is -2.20. The van der Waals surface area contributed by atoms with Gasteiger partial charge in [-0.2, -0.15) is 0 Å². The normalized spacial score (nSPS) is 10.9. The van der Waals surface area contributed by atoms with Crippen LogP contribution in [0.25, 0.3) is 0 Å². The third-order valence-electron chi connectivity index (χ3n) is 2.99. The van der Waals surface area contributed by atoms with E-state index >= 15 is 0 Å². The largest absolute Gasteiger partial charge is 0.456 e. The third-order valence-corrected chi connectivity index (χ3v) is 3.64. The lowest BCUT2D eigenvalue weighted by atomic mass is 10.1. The molecule has 2 aromatic carbocycles. The fraction of sp³-hybridized carbons (Fsp3) is 0.294. The molecule has 0 unspecified atom stereocenters. The second kappa shape index (κ2) is 7.57. The predicted molar refractivity (Wildman–Crippen MR) is 87.2 cm³/mol. The molecule has 0 saturated heterocycles. The van der Waals surface area contributed by atoms with Crippen LogP contribution in [0.4, 0.5) is 4.39 Å². The van der Waals surface area contributed by atoms with E-state index in [0.717, 1.165) is 11.0 Å². The number of hydrogen-bond donors (Lipinski definition) is 1. The summed E-state index contributed by atoms with van der Waals surface area (Å²) in [6, 6.07) is 12.4. The van der Waals surface area contributed by atoms with Crippen LogP contribution in [0.15, 0.2) is 46.9 Å². The van der Waals surface area contributed by atoms with E-state index in [9.17, 15) is 4.39 Å². The van der Waals surface area contributed by atoms with E-state index in [-0.39, 0.29) is 5.82 Å². The van der Waals surface area contributed by atoms with E-state index in [1.54, 1.807) is 12.1 Å². The highest BCUT2D eigenvalue weighted by molar-refractivity contribution is 9.10. The van der Waals surface area contributed by atoms with E-state index < -0.39 is 0 Å². The highest BCUT2D eigenvalue weighted by atomic mass is 79.9. The maximum atomic E-state index is 14.0. The SMILES string of the molecule is CC(C)CNCc1c(F)cccc1Oc1ccccc1Br. The molecule has 0 radical (unpaired) electrons. The van der Waals surface area contributed by atoms with Gasteiger partial charge in [-0.15, -0.1) is 0 Å². The molecule has 112 valence electrons. The molecule has 1 N–H and O–H groups in total. The summed E-state index contributed by atoms with van der Waals surface area (Å²) in [5.41, 5.74) is 0.550. The molecule has 0 spiro atoms. The van der Waals surface area contributed by atoms with Gasteiger partial charge >= 0.3 is 0 Å². The van der Waals surface area contributed by atoms with Gasteiger partial charge in [-0.1, -0.05) is 32.0 Å². The van der Waals surface area contributed by atoms with Crippen LogP contribution in [0.1, 0.15) is 19.4 Å². The van der Waals surface area contributed by atoms with E-state index in [0.29, 0.717) is 29.5 Å². The van der Waals surface area contributed by atoms with Crippen molar-refractivity contribution in [2.24, 2.45) is 5.92 Å². The topological polar surface area (TPSA) is 21.3 Å². The van der Waals surface area contributed by atoms with E-state index in [1.807, 2.05) is 24.3 Å². The molecule has 2 nitrogen and oxygen atoms in total. The molecule has 0 heterocycles. The molecule has 0 atom stereocenters. The number of para-hydroxylation sites is 1. The van der Waals surface area contributed by atoms with Crippen molar-refractivity contribution in [3.63, 3.8) is 0 Å². The zero-order valence-electron chi connectivity index (χ0n) is 12.2. The van der Waals surface area contributed by atoms with Crippen molar-refractivity contribution in [1.82, 2.24) is 5.32 Å². The minimum atomic E-state index is -0.254. The van der Waals surface area contributed by atoms with Crippen LogP contribution in [0.2, 0.25) is 0 Å². The minimum absolute atomic E-state index is 0.254. The number of nitrogens with one attached hydrogen (secondary N) is 1. The van der Waals surface area contributed by atoms with Crippen molar-refractivity contribution in [3.8, 4) is 11.5 Å². The zero-order chi connectivity index (χ0) is 15.2. The van der Waals surface area contributed by atoms with Gasteiger partial charge in [0, 0.05) is 12.1 Å². The molecule has 0 bridgehead atoms. The van der Waals surface area contributed by atoms with Crippen molar-refractivity contribution in [2.75, 3.05) is 6.54 Å². The summed E-state index contributed by atoms with van der Waals surface area (Å²) in [5.74, 6) is 1.48. The van der Waals surface area contributed by atoms with E-state index in [4.69, 9.17) is 4.74 Å². The smallest absolute Gasteiger partial charge is 0.141 e. The van der Waals surface area contributed by atoms with E-state index in [2.05, 4.69) is 35.1 Å². The Hall–Kier alpha value is -1.39. The van der Waals surface area contributed by atoms with Gasteiger partial charge in [0.15, 0.2) is 0 Å². The second-order valence-corrected chi connectivity index (χ2v) is 6.13. The summed E-state index contributed by atoms with van der Waals surface area (Å²) in [5, 5.41) is 3.25. The summed E-state index contributed by atoms with van der Waals surface area (Å²) in [4.78, 5) is 0. The fourth-order valence-electron chi connectivity index (χ4n) is 1.94. The number of rotatable bonds is 6. The first kappa shape index (κ1) is 16.0. The molecule has 0 fully saturated rings. The average Bonchev–Trinajstić information content (AvgIpc) is 2.44. The third kappa shape index (κ3) is 4.55. The quantitative estimate of drug-likeness (QED) is 0.779. The van der Waals surface area contributed by atoms with Crippen LogP contribution in [-0.2, 0) is 6.54 Å². The summed E-state index contributed by atoms with van der Waals surface area (Å²) in [6.45, 7) is 5.52. The van der Waals surface area contributed by atoms with Crippen molar-refractivity contribution < 1.29 is 9.13 Å². The zero-order valence-corrected chi connectivity index (χ0v) is 13.8. The standard InChI is InChI=1S/C17H19BrFNO/c1-12(2)10-20-11-13-15(19)7-5-9-16(13)21-17-8-4-3-6-14(17)18/h3-9,12,20H,10-11H2,1-2H3. The Morgan fingerprint density at radius 2 is 1.81 bits per heavy atom. The van der Waals surface area contributed by atoms with Gasteiger partial charge in [0.25, 0.3) is 0 Å². The summed E-state index contributed by atoms with van der Waals surface area (Å²) in [7, 11) is 0. The van der Waals surface area contributed by atoms with Crippen molar-refractivity contribution in [3.05, 3.63) is 58.3 Å². The Bertz CT molecular complexity index is 601. The first-order valence-corrected chi connectivity index (χ1v) is 7.77. The van der Waals surface area contributed by atoms with Crippen LogP contribution >= 0.6 is 15.9 Å². The van der Waals surface area contributed by atoms with E-state index in [1.165, 1.54) is 6.07 Å². The van der Waals surface area contributed by atoms with Gasteiger partial charge in [0.2, 0.25) is 0 Å². The maximum absolute atomic E-state index is 14.0. The van der Waals surface area contributed by atoms with Crippen LogP contribution < -0.4 is 10.1 Å². The molecule has 0 aliphatic heterocycles. The van der Waals surface area contributed by atoms with Gasteiger partial charge < -0.3 is 10.1 Å². The highest BCUT2D eigenvalue weighted by Crippen LogP contribution is 2.32. The molecule has 4 heteroatoms. The molecule has 2 aromatic rings. The number of hydrogen-bond acceptors (Lipinski definition) is 2. The fourth-order valence-corrected chi connectivity index (χ4v) is 2.30. The number of ether oxygens (including phenoxy) is 1. The summed E-state index contributed by atoms with van der Waals surface area (Å²) >= 11 is 3.43. The van der Waals surface area contributed by atoms with Crippen molar-refractivity contribution in [2.45, 2.75) is 20.4 Å². The lowest BCUT2D eigenvalue weighted by Gasteiger charge is -2.14. The van der Waals surface area contributed by atoms with Crippen molar-refractivity contribution in [1.29, 1.82) is 0 Å². The Kier molecular flexibility index (Phi) is 5.76. The first-order valence-electron chi connectivity index (χ1n) is 6.98. The van der Waals surface area contributed by atoms with Gasteiger partial charge in [-0.3, -0.25) is 0 Å². The van der Waals surface area contributed by atoms with Crippen LogP contribution in [0.5, 0.6) is 11.5 Å². The van der Waals surface area contributed by atoms with Crippen LogP contribution in [0, 0.1) is 11.7 Å². The molecule has 0 aliphatic rings. The van der Waals surface area contributed by atoms with Gasteiger partial charge in [-0.05, 0) is 52.7 Å². The Morgan fingerprint density at radius 3 is 2.52 bits per heavy atom. The molecule has 0 aliphatic carbocycles. The Labute approximate surface area is 133 Å². The van der Waals surface area contributed by atoms with Crippen LogP contribution in [-0.4, -0.2) is 6.54 Å². The molecule has 0 aromatic heterocycles. The molecule has 0 saturated carbocycles. The number of benzene rings is 2. The maximum Gasteiger partial charge on any atom is 0.141 e. The van der Waals surface area contributed by atoms with Crippen molar-refractivity contribution >= 4 is 15.9 Å². The lowest BCUT2D eigenvalue weighted by molar-refractivity contribution is 0.455. The minimum Gasteiger partial charge on any atom is -0.456 e. The van der Waals surface area contributed by atoms with Gasteiger partial charge in [0.05, 0.1) is 4.47 Å². The molecular formula is C17H19BrFNO. The molecular weight excluding hydrogens is 333 g/mol. The Balaban J connectivity index is 2.19.